The summed E-state index contributed by atoms with van der Waals surface area (Å²) in [4.78, 5) is 26.3. The SMILES string of the molecule is CC(=O)N1C=Cc2ccccc2C1CC(=O)NC(C)(CN)C1CC1.Cl. The van der Waals surface area contributed by atoms with E-state index >= 15 is 0 Å². The molecule has 136 valence electrons. The lowest BCUT2D eigenvalue weighted by atomic mass is 9.92. The van der Waals surface area contributed by atoms with Crippen LogP contribution in [-0.2, 0) is 9.59 Å². The molecule has 0 aromatic heterocycles. The van der Waals surface area contributed by atoms with Crippen LogP contribution in [0.25, 0.3) is 6.08 Å². The van der Waals surface area contributed by atoms with E-state index in [9.17, 15) is 9.59 Å². The normalized spacial score (nSPS) is 20.9. The molecule has 3 rings (SSSR count). The zero-order valence-corrected chi connectivity index (χ0v) is 15.5. The minimum atomic E-state index is -0.345. The Morgan fingerprint density at radius 1 is 1.32 bits per heavy atom. The molecule has 2 amide bonds. The number of nitrogens with two attached hydrogens (primary N) is 1. The quantitative estimate of drug-likeness (QED) is 0.844. The average Bonchev–Trinajstić information content (AvgIpc) is 3.40. The number of nitrogens with one attached hydrogen (secondary N) is 1. The molecule has 3 N–H and O–H groups in total. The fourth-order valence-electron chi connectivity index (χ4n) is 3.50. The van der Waals surface area contributed by atoms with Crippen molar-refractivity contribution < 1.29 is 9.59 Å². The van der Waals surface area contributed by atoms with Gasteiger partial charge in [-0.05, 0) is 42.9 Å². The second-order valence-electron chi connectivity index (χ2n) is 7.03. The predicted molar refractivity (Wildman–Crippen MR) is 101 cm³/mol. The van der Waals surface area contributed by atoms with Gasteiger partial charge in [0.25, 0.3) is 0 Å². The zero-order valence-electron chi connectivity index (χ0n) is 14.7. The second-order valence-corrected chi connectivity index (χ2v) is 7.03. The smallest absolute Gasteiger partial charge is 0.223 e. The Balaban J connectivity index is 0.00000225. The summed E-state index contributed by atoms with van der Waals surface area (Å²) in [7, 11) is 0. The van der Waals surface area contributed by atoms with Crippen LogP contribution in [0.5, 0.6) is 0 Å². The number of halogens is 1. The lowest BCUT2D eigenvalue weighted by Crippen LogP contribution is -2.53. The molecule has 1 aromatic carbocycles. The Bertz CT molecular complexity index is 687. The maximum Gasteiger partial charge on any atom is 0.223 e. The van der Waals surface area contributed by atoms with Gasteiger partial charge in [-0.25, -0.2) is 0 Å². The van der Waals surface area contributed by atoms with Crippen LogP contribution in [-0.4, -0.2) is 28.8 Å². The number of nitrogens with zero attached hydrogens (tertiary/aromatic N) is 1. The predicted octanol–water partition coefficient (Wildman–Crippen LogP) is 2.62. The minimum absolute atomic E-state index is 0. The van der Waals surface area contributed by atoms with Gasteiger partial charge in [0, 0.05) is 19.7 Å². The van der Waals surface area contributed by atoms with Crippen molar-refractivity contribution in [3.05, 3.63) is 41.6 Å². The van der Waals surface area contributed by atoms with Gasteiger partial charge in [-0.2, -0.15) is 0 Å². The van der Waals surface area contributed by atoms with Crippen molar-refractivity contribution in [2.24, 2.45) is 11.7 Å². The topological polar surface area (TPSA) is 75.4 Å². The van der Waals surface area contributed by atoms with Crippen molar-refractivity contribution in [1.82, 2.24) is 10.2 Å². The van der Waals surface area contributed by atoms with E-state index in [4.69, 9.17) is 5.73 Å². The highest BCUT2D eigenvalue weighted by Gasteiger charge is 2.42. The fraction of sp³-hybridized carbons (Fsp3) is 0.474. The molecule has 0 bridgehead atoms. The second kappa shape index (κ2) is 7.58. The first-order chi connectivity index (χ1) is 11.4. The Morgan fingerprint density at radius 2 is 2.00 bits per heavy atom. The van der Waals surface area contributed by atoms with E-state index in [1.54, 1.807) is 11.1 Å². The van der Waals surface area contributed by atoms with E-state index < -0.39 is 0 Å². The molecule has 5 nitrogen and oxygen atoms in total. The van der Waals surface area contributed by atoms with E-state index in [-0.39, 0.29) is 42.2 Å². The average molecular weight is 364 g/mol. The third kappa shape index (κ3) is 4.05. The maximum atomic E-state index is 12.7. The molecule has 1 aliphatic carbocycles. The first kappa shape index (κ1) is 19.5. The van der Waals surface area contributed by atoms with E-state index in [0.717, 1.165) is 24.0 Å². The summed E-state index contributed by atoms with van der Waals surface area (Å²) in [6, 6.07) is 7.61. The van der Waals surface area contributed by atoms with Crippen molar-refractivity contribution >= 4 is 30.3 Å². The number of carbonyl (C=O) groups is 2. The Kier molecular flexibility index (Phi) is 5.91. The van der Waals surface area contributed by atoms with Crippen molar-refractivity contribution in [1.29, 1.82) is 0 Å². The van der Waals surface area contributed by atoms with Crippen LogP contribution < -0.4 is 11.1 Å². The number of benzene rings is 1. The Hall–Kier alpha value is -1.85. The van der Waals surface area contributed by atoms with Gasteiger partial charge in [-0.3, -0.25) is 9.59 Å². The first-order valence-corrected chi connectivity index (χ1v) is 8.52. The molecule has 0 saturated heterocycles. The number of amides is 2. The first-order valence-electron chi connectivity index (χ1n) is 8.52. The van der Waals surface area contributed by atoms with Gasteiger partial charge in [0.15, 0.2) is 0 Å². The van der Waals surface area contributed by atoms with Crippen LogP contribution in [0.3, 0.4) is 0 Å². The number of rotatable bonds is 5. The van der Waals surface area contributed by atoms with Crippen LogP contribution in [0.15, 0.2) is 30.5 Å². The molecule has 1 saturated carbocycles. The summed E-state index contributed by atoms with van der Waals surface area (Å²) < 4.78 is 0. The maximum absolute atomic E-state index is 12.7. The van der Waals surface area contributed by atoms with Crippen molar-refractivity contribution in [2.75, 3.05) is 6.54 Å². The van der Waals surface area contributed by atoms with E-state index in [0.29, 0.717) is 12.5 Å². The van der Waals surface area contributed by atoms with Gasteiger partial charge in [0.05, 0.1) is 18.0 Å². The summed E-state index contributed by atoms with van der Waals surface area (Å²) in [6.07, 6.45) is 6.15. The third-order valence-electron chi connectivity index (χ3n) is 5.18. The molecular formula is C19H26ClN3O2. The third-order valence-corrected chi connectivity index (χ3v) is 5.18. The summed E-state index contributed by atoms with van der Waals surface area (Å²) in [5.41, 5.74) is 7.60. The van der Waals surface area contributed by atoms with Crippen molar-refractivity contribution in [2.45, 2.75) is 44.7 Å². The van der Waals surface area contributed by atoms with E-state index in [1.807, 2.05) is 37.3 Å². The molecule has 0 spiro atoms. The van der Waals surface area contributed by atoms with Crippen LogP contribution in [0.2, 0.25) is 0 Å². The fourth-order valence-corrected chi connectivity index (χ4v) is 3.50. The largest absolute Gasteiger partial charge is 0.349 e. The van der Waals surface area contributed by atoms with Crippen LogP contribution in [0.4, 0.5) is 0 Å². The lowest BCUT2D eigenvalue weighted by molar-refractivity contribution is -0.130. The van der Waals surface area contributed by atoms with Gasteiger partial charge in [-0.1, -0.05) is 24.3 Å². The van der Waals surface area contributed by atoms with E-state index in [1.165, 1.54) is 6.92 Å². The standard InChI is InChI=1S/C19H25N3O2.ClH/c1-13(23)22-10-9-14-5-3-4-6-16(14)17(22)11-18(24)21-19(2,12-20)15-7-8-15;/h3-6,9-10,15,17H,7-8,11-12,20H2,1-2H3,(H,21,24);1H. The Labute approximate surface area is 155 Å². The summed E-state index contributed by atoms with van der Waals surface area (Å²) >= 11 is 0. The summed E-state index contributed by atoms with van der Waals surface area (Å²) in [5.74, 6) is 0.340. The molecule has 25 heavy (non-hydrogen) atoms. The number of hydrogen-bond donors (Lipinski definition) is 2. The molecule has 1 fully saturated rings. The molecule has 2 atom stereocenters. The van der Waals surface area contributed by atoms with Gasteiger partial charge in [0.1, 0.15) is 0 Å². The molecule has 1 heterocycles. The van der Waals surface area contributed by atoms with Gasteiger partial charge >= 0.3 is 0 Å². The van der Waals surface area contributed by atoms with Crippen molar-refractivity contribution in [3.63, 3.8) is 0 Å². The van der Waals surface area contributed by atoms with Gasteiger partial charge < -0.3 is 16.0 Å². The zero-order chi connectivity index (χ0) is 17.3. The summed E-state index contributed by atoms with van der Waals surface area (Å²) in [5, 5.41) is 3.12. The van der Waals surface area contributed by atoms with Gasteiger partial charge in [-0.15, -0.1) is 12.4 Å². The highest BCUT2D eigenvalue weighted by molar-refractivity contribution is 5.85. The Morgan fingerprint density at radius 3 is 2.60 bits per heavy atom. The van der Waals surface area contributed by atoms with Gasteiger partial charge in [0.2, 0.25) is 11.8 Å². The molecule has 1 aliphatic heterocycles. The molecule has 2 unspecified atom stereocenters. The number of fused-ring (bicyclic) bond motifs is 1. The molecular weight excluding hydrogens is 338 g/mol. The van der Waals surface area contributed by atoms with Crippen LogP contribution in [0, 0.1) is 5.92 Å². The molecule has 2 aliphatic rings. The monoisotopic (exact) mass is 363 g/mol. The van der Waals surface area contributed by atoms with Crippen LogP contribution in [0.1, 0.15) is 50.3 Å². The molecule has 6 heteroatoms. The minimum Gasteiger partial charge on any atom is -0.349 e. The number of carbonyl (C=O) groups excluding carboxylic acids is 2. The summed E-state index contributed by atoms with van der Waals surface area (Å²) in [6.45, 7) is 3.97. The highest BCUT2D eigenvalue weighted by atomic mass is 35.5. The molecule has 0 radical (unpaired) electrons. The lowest BCUT2D eigenvalue weighted by Gasteiger charge is -2.34. The van der Waals surface area contributed by atoms with Crippen LogP contribution >= 0.6 is 12.4 Å². The van der Waals surface area contributed by atoms with Crippen molar-refractivity contribution in [3.8, 4) is 0 Å². The van der Waals surface area contributed by atoms with E-state index in [2.05, 4.69) is 5.32 Å². The highest BCUT2D eigenvalue weighted by Crippen LogP contribution is 2.39. The molecule has 1 aromatic rings. The number of hydrogen-bond acceptors (Lipinski definition) is 3.